The summed E-state index contributed by atoms with van der Waals surface area (Å²) in [5.41, 5.74) is 5.14. The van der Waals surface area contributed by atoms with Gasteiger partial charge in [0.1, 0.15) is 8.80 Å². The average Bonchev–Trinajstić information content (AvgIpc) is 1.84. The standard InChI is InChI=1S/C11H22Si.BrH/c1-9(2)7-8-12(10(3)4)11(5)6;/h9-12H,1-6H3;1H. The SMILES string of the molecule is Br.CC(C)C#C[SiH](C(C)C)C(C)C. The van der Waals surface area contributed by atoms with Crippen molar-refractivity contribution < 1.29 is 0 Å². The predicted molar refractivity (Wildman–Crippen MR) is 70.3 cm³/mol. The van der Waals surface area contributed by atoms with Crippen LogP contribution >= 0.6 is 17.0 Å². The second-order valence-corrected chi connectivity index (χ2v) is 8.46. The molecule has 0 aliphatic rings. The second-order valence-electron chi connectivity index (χ2n) is 4.46. The van der Waals surface area contributed by atoms with E-state index in [1.54, 1.807) is 0 Å². The Balaban J connectivity index is 0. The van der Waals surface area contributed by atoms with Gasteiger partial charge in [-0.15, -0.1) is 28.4 Å². The second kappa shape index (κ2) is 7.64. The molecule has 0 saturated carbocycles. The van der Waals surface area contributed by atoms with Crippen LogP contribution in [-0.2, 0) is 0 Å². The van der Waals surface area contributed by atoms with Crippen molar-refractivity contribution in [3.8, 4) is 11.5 Å². The van der Waals surface area contributed by atoms with Gasteiger partial charge in [-0.05, 0) is 11.1 Å². The summed E-state index contributed by atoms with van der Waals surface area (Å²) in [6, 6.07) is 0. The third-order valence-electron chi connectivity index (χ3n) is 1.98. The molecule has 0 rings (SSSR count). The van der Waals surface area contributed by atoms with Crippen molar-refractivity contribution in [3.63, 3.8) is 0 Å². The Morgan fingerprint density at radius 2 is 1.23 bits per heavy atom. The first-order chi connectivity index (χ1) is 5.45. The molecule has 0 aromatic heterocycles. The van der Waals surface area contributed by atoms with Gasteiger partial charge >= 0.3 is 0 Å². The van der Waals surface area contributed by atoms with E-state index < -0.39 is 8.80 Å². The Morgan fingerprint density at radius 3 is 1.46 bits per heavy atom. The van der Waals surface area contributed by atoms with Crippen molar-refractivity contribution in [2.24, 2.45) is 5.92 Å². The highest BCUT2D eigenvalue weighted by Gasteiger charge is 2.16. The van der Waals surface area contributed by atoms with Gasteiger partial charge in [-0.2, -0.15) is 0 Å². The molecule has 0 radical (unpaired) electrons. The molecule has 0 nitrogen and oxygen atoms in total. The van der Waals surface area contributed by atoms with Crippen molar-refractivity contribution in [1.82, 2.24) is 0 Å². The van der Waals surface area contributed by atoms with Crippen LogP contribution in [0, 0.1) is 17.4 Å². The summed E-state index contributed by atoms with van der Waals surface area (Å²) in [5.74, 6) is 3.86. The van der Waals surface area contributed by atoms with Crippen LogP contribution in [0.4, 0.5) is 0 Å². The highest BCUT2D eigenvalue weighted by atomic mass is 79.9. The summed E-state index contributed by atoms with van der Waals surface area (Å²) in [7, 11) is -0.798. The minimum Gasteiger partial charge on any atom is -0.135 e. The smallest absolute Gasteiger partial charge is 0.127 e. The first kappa shape index (κ1) is 15.7. The van der Waals surface area contributed by atoms with Gasteiger partial charge in [0.25, 0.3) is 0 Å². The van der Waals surface area contributed by atoms with E-state index >= 15 is 0 Å². The summed E-state index contributed by atoms with van der Waals surface area (Å²) in [5, 5.41) is 0. The van der Waals surface area contributed by atoms with E-state index in [0.29, 0.717) is 5.92 Å². The topological polar surface area (TPSA) is 0 Å². The van der Waals surface area contributed by atoms with Crippen LogP contribution in [0.15, 0.2) is 0 Å². The van der Waals surface area contributed by atoms with E-state index in [-0.39, 0.29) is 17.0 Å². The zero-order valence-electron chi connectivity index (χ0n) is 9.72. The summed E-state index contributed by atoms with van der Waals surface area (Å²) in [6.07, 6.45) is 0. The predicted octanol–water partition coefficient (Wildman–Crippen LogP) is 3.81. The zero-order valence-corrected chi connectivity index (χ0v) is 12.6. The van der Waals surface area contributed by atoms with Gasteiger partial charge in [0.15, 0.2) is 0 Å². The largest absolute Gasteiger partial charge is 0.135 e. The van der Waals surface area contributed by atoms with E-state index in [0.717, 1.165) is 11.1 Å². The van der Waals surface area contributed by atoms with Crippen LogP contribution < -0.4 is 0 Å². The summed E-state index contributed by atoms with van der Waals surface area (Å²) in [6.45, 7) is 13.6. The molecule has 0 atom stereocenters. The van der Waals surface area contributed by atoms with Gasteiger partial charge in [-0.3, -0.25) is 0 Å². The highest BCUT2D eigenvalue weighted by Crippen LogP contribution is 2.18. The normalized spacial score (nSPS) is 10.3. The fourth-order valence-electron chi connectivity index (χ4n) is 1.37. The minimum atomic E-state index is -0.798. The van der Waals surface area contributed by atoms with E-state index in [9.17, 15) is 0 Å². The maximum absolute atomic E-state index is 3.51. The summed E-state index contributed by atoms with van der Waals surface area (Å²) >= 11 is 0. The molecule has 0 amide bonds. The van der Waals surface area contributed by atoms with E-state index in [1.807, 2.05) is 0 Å². The lowest BCUT2D eigenvalue weighted by atomic mass is 10.2. The molecule has 0 saturated heterocycles. The van der Waals surface area contributed by atoms with Gasteiger partial charge in [-0.25, -0.2) is 0 Å². The van der Waals surface area contributed by atoms with Gasteiger partial charge in [0, 0.05) is 5.92 Å². The maximum Gasteiger partial charge on any atom is 0.127 e. The lowest BCUT2D eigenvalue weighted by molar-refractivity contribution is 0.866. The molecule has 0 N–H and O–H groups in total. The average molecular weight is 263 g/mol. The lowest BCUT2D eigenvalue weighted by Crippen LogP contribution is -2.19. The minimum absolute atomic E-state index is 0. The Morgan fingerprint density at radius 1 is 0.846 bits per heavy atom. The first-order valence-corrected chi connectivity index (χ1v) is 6.87. The molecule has 13 heavy (non-hydrogen) atoms. The summed E-state index contributed by atoms with van der Waals surface area (Å²) in [4.78, 5) is 0. The van der Waals surface area contributed by atoms with Gasteiger partial charge in [0.2, 0.25) is 0 Å². The van der Waals surface area contributed by atoms with Gasteiger partial charge in [-0.1, -0.05) is 41.5 Å². The molecule has 0 aromatic carbocycles. The quantitative estimate of drug-likeness (QED) is 0.525. The molecule has 0 heterocycles. The number of halogens is 1. The molecular weight excluding hydrogens is 240 g/mol. The molecule has 0 fully saturated rings. The van der Waals surface area contributed by atoms with Crippen LogP contribution in [0.2, 0.25) is 11.1 Å². The monoisotopic (exact) mass is 262 g/mol. The van der Waals surface area contributed by atoms with Crippen LogP contribution in [0.5, 0.6) is 0 Å². The first-order valence-electron chi connectivity index (χ1n) is 4.96. The van der Waals surface area contributed by atoms with E-state index in [2.05, 4.69) is 53.0 Å². The molecule has 0 unspecified atom stereocenters. The third-order valence-corrected chi connectivity index (χ3v) is 5.35. The van der Waals surface area contributed by atoms with Crippen molar-refractivity contribution in [1.29, 1.82) is 0 Å². The summed E-state index contributed by atoms with van der Waals surface area (Å²) < 4.78 is 0. The Kier molecular flexibility index (Phi) is 9.24. The maximum atomic E-state index is 3.51. The number of hydrogen-bond donors (Lipinski definition) is 0. The molecule has 0 spiro atoms. The lowest BCUT2D eigenvalue weighted by Gasteiger charge is -2.16. The van der Waals surface area contributed by atoms with Crippen molar-refractivity contribution >= 4 is 25.8 Å². The molecule has 0 bridgehead atoms. The van der Waals surface area contributed by atoms with Crippen LogP contribution in [0.1, 0.15) is 41.5 Å². The van der Waals surface area contributed by atoms with Crippen LogP contribution in [-0.4, -0.2) is 8.80 Å². The molecule has 0 aliphatic carbocycles. The molecular formula is C11H23BrSi. The number of hydrogen-bond acceptors (Lipinski definition) is 0. The van der Waals surface area contributed by atoms with E-state index in [1.165, 1.54) is 0 Å². The Labute approximate surface area is 95.9 Å². The Bertz CT molecular complexity index is 166. The van der Waals surface area contributed by atoms with E-state index in [4.69, 9.17) is 0 Å². The Hall–Kier alpha value is 0.257. The molecule has 2 heteroatoms. The molecule has 0 aliphatic heterocycles. The van der Waals surface area contributed by atoms with Crippen molar-refractivity contribution in [2.75, 3.05) is 0 Å². The molecule has 0 aromatic rings. The van der Waals surface area contributed by atoms with Crippen molar-refractivity contribution in [2.45, 2.75) is 52.6 Å². The van der Waals surface area contributed by atoms with Gasteiger partial charge in [0.05, 0.1) is 0 Å². The molecule has 78 valence electrons. The van der Waals surface area contributed by atoms with Crippen LogP contribution in [0.25, 0.3) is 0 Å². The fraction of sp³-hybridized carbons (Fsp3) is 0.818. The zero-order chi connectivity index (χ0) is 9.72. The van der Waals surface area contributed by atoms with Gasteiger partial charge < -0.3 is 0 Å². The number of rotatable bonds is 2. The van der Waals surface area contributed by atoms with Crippen LogP contribution in [0.3, 0.4) is 0 Å². The fourth-order valence-corrected chi connectivity index (χ4v) is 4.10. The van der Waals surface area contributed by atoms with Crippen molar-refractivity contribution in [3.05, 3.63) is 0 Å². The highest BCUT2D eigenvalue weighted by molar-refractivity contribution is 8.93. The third kappa shape index (κ3) is 7.34.